The molecule has 1 aromatic carbocycles. The van der Waals surface area contributed by atoms with Crippen LogP contribution in [0.15, 0.2) is 48.0 Å². The van der Waals surface area contributed by atoms with Gasteiger partial charge in [-0.2, -0.15) is 0 Å². The summed E-state index contributed by atoms with van der Waals surface area (Å²) in [5.41, 5.74) is 1.21. The van der Waals surface area contributed by atoms with Gasteiger partial charge < -0.3 is 20.4 Å². The molecular formula is C17H26IN5O. The van der Waals surface area contributed by atoms with Gasteiger partial charge in [0.15, 0.2) is 5.96 Å². The molecule has 0 saturated carbocycles. The zero-order valence-corrected chi connectivity index (χ0v) is 16.4. The van der Waals surface area contributed by atoms with E-state index in [0.717, 1.165) is 26.2 Å². The first kappa shape index (κ1) is 20.3. The summed E-state index contributed by atoms with van der Waals surface area (Å²) in [4.78, 5) is 20.5. The second-order valence-electron chi connectivity index (χ2n) is 5.30. The number of hydrogen-bond acceptors (Lipinski definition) is 3. The number of amides is 1. The fourth-order valence-electron chi connectivity index (χ4n) is 2.51. The van der Waals surface area contributed by atoms with E-state index in [0.29, 0.717) is 12.5 Å². The van der Waals surface area contributed by atoms with Crippen LogP contribution in [0.4, 0.5) is 5.69 Å². The zero-order valence-electron chi connectivity index (χ0n) is 14.1. The number of piperazine rings is 1. The molecule has 2 N–H and O–H groups in total. The first-order chi connectivity index (χ1) is 11.2. The van der Waals surface area contributed by atoms with E-state index in [2.05, 4.69) is 39.2 Å². The van der Waals surface area contributed by atoms with E-state index in [9.17, 15) is 4.79 Å². The molecule has 0 bridgehead atoms. The van der Waals surface area contributed by atoms with E-state index < -0.39 is 0 Å². The smallest absolute Gasteiger partial charge is 0.242 e. The van der Waals surface area contributed by atoms with E-state index in [4.69, 9.17) is 0 Å². The number of carbonyl (C=O) groups excluding carboxylic acids is 1. The molecule has 1 fully saturated rings. The summed E-state index contributed by atoms with van der Waals surface area (Å²) in [6.45, 7) is 7.72. The lowest BCUT2D eigenvalue weighted by Gasteiger charge is -2.36. The first-order valence-corrected chi connectivity index (χ1v) is 7.87. The Labute approximate surface area is 161 Å². The predicted octanol–water partition coefficient (Wildman–Crippen LogP) is 1.30. The number of hydrogen-bond donors (Lipinski definition) is 2. The van der Waals surface area contributed by atoms with Crippen molar-refractivity contribution in [2.75, 3.05) is 51.2 Å². The van der Waals surface area contributed by atoms with Crippen LogP contribution in [0.1, 0.15) is 0 Å². The average Bonchev–Trinajstić information content (AvgIpc) is 2.62. The van der Waals surface area contributed by atoms with Gasteiger partial charge in [0, 0.05) is 45.5 Å². The Kier molecular flexibility index (Phi) is 9.21. The Morgan fingerprint density at radius 3 is 2.46 bits per heavy atom. The summed E-state index contributed by atoms with van der Waals surface area (Å²) in [5, 5.41) is 6.08. The maximum absolute atomic E-state index is 12.3. The maximum atomic E-state index is 12.3. The molecule has 7 heteroatoms. The summed E-state index contributed by atoms with van der Waals surface area (Å²) in [6, 6.07) is 10.3. The van der Waals surface area contributed by atoms with Crippen molar-refractivity contribution in [1.82, 2.24) is 15.5 Å². The van der Waals surface area contributed by atoms with Crippen LogP contribution in [0.25, 0.3) is 0 Å². The van der Waals surface area contributed by atoms with Gasteiger partial charge in [0.1, 0.15) is 0 Å². The molecule has 1 aliphatic heterocycles. The van der Waals surface area contributed by atoms with Crippen LogP contribution in [-0.4, -0.2) is 63.1 Å². The molecule has 1 saturated heterocycles. The maximum Gasteiger partial charge on any atom is 0.242 e. The van der Waals surface area contributed by atoms with Crippen molar-refractivity contribution in [1.29, 1.82) is 0 Å². The van der Waals surface area contributed by atoms with Crippen LogP contribution < -0.4 is 15.5 Å². The number of halogens is 1. The predicted molar refractivity (Wildman–Crippen MR) is 110 cm³/mol. The van der Waals surface area contributed by atoms with Crippen molar-refractivity contribution in [2.24, 2.45) is 4.99 Å². The molecule has 0 aromatic heterocycles. The largest absolute Gasteiger partial charge is 0.368 e. The van der Waals surface area contributed by atoms with Crippen molar-refractivity contribution < 1.29 is 4.79 Å². The lowest BCUT2D eigenvalue weighted by molar-refractivity contribution is -0.130. The molecule has 1 heterocycles. The number of anilines is 1. The van der Waals surface area contributed by atoms with Gasteiger partial charge >= 0.3 is 0 Å². The summed E-state index contributed by atoms with van der Waals surface area (Å²) in [7, 11) is 1.68. The van der Waals surface area contributed by atoms with Gasteiger partial charge in [0.05, 0.1) is 6.54 Å². The zero-order chi connectivity index (χ0) is 16.5. The standard InChI is InChI=1S/C17H25N5O.HI/c1-3-9-19-17(18-2)20-14-16(23)22-12-10-21(11-13-22)15-7-5-4-6-8-15;/h3-8H,1,9-14H2,2H3,(H2,18,19,20);1H. The van der Waals surface area contributed by atoms with Gasteiger partial charge in [-0.25, -0.2) is 0 Å². The number of para-hydroxylation sites is 1. The number of rotatable bonds is 5. The van der Waals surface area contributed by atoms with Crippen LogP contribution in [0, 0.1) is 0 Å². The fourth-order valence-corrected chi connectivity index (χ4v) is 2.51. The van der Waals surface area contributed by atoms with Crippen LogP contribution in [-0.2, 0) is 4.79 Å². The fraction of sp³-hybridized carbons (Fsp3) is 0.412. The molecule has 0 atom stereocenters. The molecule has 1 aromatic rings. The molecule has 1 amide bonds. The number of nitrogens with zero attached hydrogens (tertiary/aromatic N) is 3. The Morgan fingerprint density at radius 2 is 1.88 bits per heavy atom. The lowest BCUT2D eigenvalue weighted by atomic mass is 10.2. The topological polar surface area (TPSA) is 60.0 Å². The molecule has 0 radical (unpaired) electrons. The third-order valence-corrected chi connectivity index (χ3v) is 3.80. The summed E-state index contributed by atoms with van der Waals surface area (Å²) in [6.07, 6.45) is 1.75. The quantitative estimate of drug-likeness (QED) is 0.312. The Hall–Kier alpha value is -1.77. The number of guanidine groups is 1. The highest BCUT2D eigenvalue weighted by Crippen LogP contribution is 2.15. The van der Waals surface area contributed by atoms with Gasteiger partial charge in [-0.1, -0.05) is 24.3 Å². The number of carbonyl (C=O) groups is 1. The van der Waals surface area contributed by atoms with Gasteiger partial charge in [0.2, 0.25) is 5.91 Å². The molecule has 132 valence electrons. The molecule has 0 spiro atoms. The number of aliphatic imine (C=N–C) groups is 1. The van der Waals surface area contributed by atoms with E-state index in [-0.39, 0.29) is 36.4 Å². The SMILES string of the molecule is C=CCNC(=NC)NCC(=O)N1CCN(c2ccccc2)CC1.I. The molecular weight excluding hydrogens is 417 g/mol. The summed E-state index contributed by atoms with van der Waals surface area (Å²) >= 11 is 0. The highest BCUT2D eigenvalue weighted by molar-refractivity contribution is 14.0. The first-order valence-electron chi connectivity index (χ1n) is 7.87. The molecule has 1 aliphatic rings. The number of nitrogens with one attached hydrogen (secondary N) is 2. The van der Waals surface area contributed by atoms with Gasteiger partial charge in [-0.3, -0.25) is 9.79 Å². The lowest BCUT2D eigenvalue weighted by Crippen LogP contribution is -2.52. The van der Waals surface area contributed by atoms with Crippen molar-refractivity contribution in [3.8, 4) is 0 Å². The minimum atomic E-state index is 0. The second-order valence-corrected chi connectivity index (χ2v) is 5.30. The molecule has 0 unspecified atom stereocenters. The van der Waals surface area contributed by atoms with Crippen molar-refractivity contribution >= 4 is 41.5 Å². The van der Waals surface area contributed by atoms with E-state index >= 15 is 0 Å². The molecule has 0 aliphatic carbocycles. The van der Waals surface area contributed by atoms with Crippen molar-refractivity contribution in [3.05, 3.63) is 43.0 Å². The Morgan fingerprint density at radius 1 is 1.21 bits per heavy atom. The number of benzene rings is 1. The van der Waals surface area contributed by atoms with Crippen LogP contribution in [0.2, 0.25) is 0 Å². The van der Waals surface area contributed by atoms with Crippen LogP contribution >= 0.6 is 24.0 Å². The normalized spacial score (nSPS) is 14.6. The minimum absolute atomic E-state index is 0. The third kappa shape index (κ3) is 6.03. The average molecular weight is 443 g/mol. The van der Waals surface area contributed by atoms with E-state index in [1.807, 2.05) is 23.1 Å². The minimum Gasteiger partial charge on any atom is -0.368 e. The van der Waals surface area contributed by atoms with Crippen LogP contribution in [0.5, 0.6) is 0 Å². The van der Waals surface area contributed by atoms with Crippen LogP contribution in [0.3, 0.4) is 0 Å². The highest BCUT2D eigenvalue weighted by Gasteiger charge is 2.21. The molecule has 2 rings (SSSR count). The van der Waals surface area contributed by atoms with Crippen molar-refractivity contribution in [3.63, 3.8) is 0 Å². The Bertz CT molecular complexity index is 541. The van der Waals surface area contributed by atoms with Gasteiger partial charge in [0.25, 0.3) is 0 Å². The monoisotopic (exact) mass is 443 g/mol. The molecule has 6 nitrogen and oxygen atoms in total. The van der Waals surface area contributed by atoms with E-state index in [1.165, 1.54) is 5.69 Å². The summed E-state index contributed by atoms with van der Waals surface area (Å²) < 4.78 is 0. The summed E-state index contributed by atoms with van der Waals surface area (Å²) in [5.74, 6) is 0.709. The second kappa shape index (κ2) is 10.9. The van der Waals surface area contributed by atoms with Gasteiger partial charge in [-0.05, 0) is 12.1 Å². The third-order valence-electron chi connectivity index (χ3n) is 3.80. The van der Waals surface area contributed by atoms with E-state index in [1.54, 1.807) is 13.1 Å². The van der Waals surface area contributed by atoms with Gasteiger partial charge in [-0.15, -0.1) is 30.6 Å². The highest BCUT2D eigenvalue weighted by atomic mass is 127. The Balaban J connectivity index is 0.00000288. The van der Waals surface area contributed by atoms with Crippen molar-refractivity contribution in [2.45, 2.75) is 0 Å². The molecule has 24 heavy (non-hydrogen) atoms.